The van der Waals surface area contributed by atoms with E-state index in [0.29, 0.717) is 0 Å². The molecule has 0 aromatic carbocycles. The van der Waals surface area contributed by atoms with E-state index in [0.717, 1.165) is 6.92 Å². The smallest absolute Gasteiger partial charge is 0.371 e. The molecule has 0 spiro atoms. The number of carboxylic acids is 4. The Morgan fingerprint density at radius 3 is 1.23 bits per heavy atom. The first-order chi connectivity index (χ1) is 9.83. The average Bonchev–Trinajstić information content (AvgIpc) is 2.40. The van der Waals surface area contributed by atoms with Crippen molar-refractivity contribution in [3.8, 4) is 0 Å². The van der Waals surface area contributed by atoms with Crippen LogP contribution in [0.2, 0.25) is 0 Å². The van der Waals surface area contributed by atoms with Crippen molar-refractivity contribution in [3.63, 3.8) is 0 Å². The summed E-state index contributed by atoms with van der Waals surface area (Å²) in [5.74, 6) is -5.56. The lowest BCUT2D eigenvalue weighted by molar-refractivity contribution is -0.148. The first-order valence-electron chi connectivity index (χ1n) is 5.15. The molecule has 0 unspecified atom stereocenters. The Bertz CT molecular complexity index is 379. The standard InChI is InChI=1S/C3H7NO2.C3H4O3.C2H5NO2.C2H2O3/c2*1-2(4)3(5)6;2*3-1-2(4)5/h2H,4H2,1H3,(H,5,6);1H3,(H,5,6);1,3H2,(H,4,5);1H,(H,4,5)/t2-;;;/m0.../s1. The van der Waals surface area contributed by atoms with E-state index in [1.54, 1.807) is 0 Å². The maximum absolute atomic E-state index is 9.57. The summed E-state index contributed by atoms with van der Waals surface area (Å²) in [6.07, 6.45) is -0.167. The highest BCUT2D eigenvalue weighted by atomic mass is 16.4. The van der Waals surface area contributed by atoms with E-state index in [2.05, 4.69) is 5.73 Å². The Hall–Kier alpha value is -2.86. The van der Waals surface area contributed by atoms with Gasteiger partial charge in [0.1, 0.15) is 6.04 Å². The molecule has 128 valence electrons. The van der Waals surface area contributed by atoms with Crippen molar-refractivity contribution in [2.45, 2.75) is 19.9 Å². The van der Waals surface area contributed by atoms with Crippen LogP contribution >= 0.6 is 0 Å². The molecule has 0 aromatic heterocycles. The number of carbonyl (C=O) groups excluding carboxylic acids is 2. The van der Waals surface area contributed by atoms with Crippen LogP contribution in [-0.2, 0) is 28.8 Å². The minimum Gasteiger partial charge on any atom is -0.480 e. The summed E-state index contributed by atoms with van der Waals surface area (Å²) >= 11 is 0. The molecular formula is C10H18N2O10. The second-order valence-electron chi connectivity index (χ2n) is 3.04. The van der Waals surface area contributed by atoms with Gasteiger partial charge in [-0.05, 0) is 6.92 Å². The van der Waals surface area contributed by atoms with Crippen LogP contribution in [0, 0.1) is 0 Å². The molecule has 0 saturated carbocycles. The first-order valence-corrected chi connectivity index (χ1v) is 5.15. The Morgan fingerprint density at radius 2 is 1.23 bits per heavy atom. The number of rotatable bonds is 4. The normalized spacial score (nSPS) is 8.91. The van der Waals surface area contributed by atoms with Gasteiger partial charge < -0.3 is 31.9 Å². The van der Waals surface area contributed by atoms with Crippen molar-refractivity contribution < 1.29 is 49.2 Å². The molecule has 12 heteroatoms. The van der Waals surface area contributed by atoms with Crippen LogP contribution in [0.1, 0.15) is 13.8 Å². The van der Waals surface area contributed by atoms with Crippen LogP contribution in [0.5, 0.6) is 0 Å². The minimum absolute atomic E-state index is 0.167. The number of carboxylic acid groups (broad SMARTS) is 4. The predicted molar refractivity (Wildman–Crippen MR) is 70.0 cm³/mol. The fourth-order valence-corrected chi connectivity index (χ4v) is 0. The molecule has 0 radical (unpaired) electrons. The van der Waals surface area contributed by atoms with Crippen LogP contribution in [0.3, 0.4) is 0 Å². The Balaban J connectivity index is -0.0000000986. The largest absolute Gasteiger partial charge is 0.480 e. The molecule has 0 fully saturated rings. The monoisotopic (exact) mass is 326 g/mol. The van der Waals surface area contributed by atoms with Crippen LogP contribution < -0.4 is 11.5 Å². The van der Waals surface area contributed by atoms with Gasteiger partial charge in [0.05, 0.1) is 6.54 Å². The summed E-state index contributed by atoms with van der Waals surface area (Å²) in [5.41, 5.74) is 9.41. The quantitative estimate of drug-likeness (QED) is 0.230. The van der Waals surface area contributed by atoms with E-state index < -0.39 is 35.7 Å². The van der Waals surface area contributed by atoms with E-state index in [1.807, 2.05) is 0 Å². The van der Waals surface area contributed by atoms with Gasteiger partial charge in [0.2, 0.25) is 12.1 Å². The van der Waals surface area contributed by atoms with Crippen LogP contribution in [0.15, 0.2) is 0 Å². The summed E-state index contributed by atoms with van der Waals surface area (Å²) in [6, 6.07) is -0.731. The number of hydrogen-bond acceptors (Lipinski definition) is 8. The van der Waals surface area contributed by atoms with Gasteiger partial charge in [0.25, 0.3) is 0 Å². The van der Waals surface area contributed by atoms with Gasteiger partial charge in [-0.3, -0.25) is 19.2 Å². The van der Waals surface area contributed by atoms with Gasteiger partial charge in [-0.15, -0.1) is 0 Å². The van der Waals surface area contributed by atoms with E-state index in [1.165, 1.54) is 6.92 Å². The summed E-state index contributed by atoms with van der Waals surface area (Å²) in [5, 5.41) is 30.5. The molecule has 0 aliphatic heterocycles. The van der Waals surface area contributed by atoms with E-state index in [4.69, 9.17) is 35.7 Å². The Labute approximate surface area is 124 Å². The second-order valence-corrected chi connectivity index (χ2v) is 3.04. The zero-order valence-corrected chi connectivity index (χ0v) is 11.8. The summed E-state index contributed by atoms with van der Waals surface area (Å²) in [4.78, 5) is 55.6. The summed E-state index contributed by atoms with van der Waals surface area (Å²) in [6.45, 7) is 2.14. The highest BCUT2D eigenvalue weighted by Crippen LogP contribution is 1.68. The highest BCUT2D eigenvalue weighted by molar-refractivity contribution is 6.31. The summed E-state index contributed by atoms with van der Waals surface area (Å²) in [7, 11) is 0. The molecule has 0 saturated heterocycles. The fraction of sp³-hybridized carbons (Fsp3) is 0.400. The zero-order chi connectivity index (χ0) is 18.9. The molecule has 0 bridgehead atoms. The van der Waals surface area contributed by atoms with Crippen molar-refractivity contribution in [2.75, 3.05) is 6.54 Å². The maximum Gasteiger partial charge on any atom is 0.371 e. The van der Waals surface area contributed by atoms with E-state index in [-0.39, 0.29) is 12.8 Å². The Kier molecular flexibility index (Phi) is 22.7. The molecule has 0 amide bonds. The predicted octanol–water partition coefficient (Wildman–Crippen LogP) is -2.62. The van der Waals surface area contributed by atoms with Crippen molar-refractivity contribution in [1.29, 1.82) is 0 Å². The number of nitrogens with two attached hydrogens (primary N) is 2. The van der Waals surface area contributed by atoms with Gasteiger partial charge in [-0.25, -0.2) is 9.59 Å². The molecule has 0 aromatic rings. The van der Waals surface area contributed by atoms with E-state index >= 15 is 0 Å². The topological polar surface area (TPSA) is 235 Å². The third kappa shape index (κ3) is 53.4. The lowest BCUT2D eigenvalue weighted by Crippen LogP contribution is -2.25. The maximum atomic E-state index is 9.57. The first kappa shape index (κ1) is 27.5. The molecule has 0 heterocycles. The molecule has 0 rings (SSSR count). The molecule has 0 aliphatic carbocycles. The highest BCUT2D eigenvalue weighted by Gasteiger charge is 1.99. The fourth-order valence-electron chi connectivity index (χ4n) is 0. The van der Waals surface area contributed by atoms with Crippen LogP contribution in [-0.4, -0.2) is 69.0 Å². The number of aliphatic carboxylic acids is 4. The number of hydrogen-bond donors (Lipinski definition) is 6. The third-order valence-corrected chi connectivity index (χ3v) is 0.966. The lowest BCUT2D eigenvalue weighted by atomic mass is 10.4. The SMILES string of the molecule is CC(=O)C(=O)O.C[C@H](N)C(=O)O.NCC(=O)O.O=CC(=O)O. The number of Topliss-reactive ketones (excluding diaryl/α,β-unsaturated/α-hetero) is 1. The Morgan fingerprint density at radius 1 is 1.05 bits per heavy atom. The third-order valence-electron chi connectivity index (χ3n) is 0.966. The molecule has 0 aliphatic rings. The average molecular weight is 326 g/mol. The van der Waals surface area contributed by atoms with Gasteiger partial charge >= 0.3 is 23.9 Å². The molecule has 12 nitrogen and oxygen atoms in total. The van der Waals surface area contributed by atoms with Crippen molar-refractivity contribution in [2.24, 2.45) is 11.5 Å². The van der Waals surface area contributed by atoms with Gasteiger partial charge in [-0.2, -0.15) is 0 Å². The van der Waals surface area contributed by atoms with Gasteiger partial charge in [-0.1, -0.05) is 0 Å². The molecule has 22 heavy (non-hydrogen) atoms. The van der Waals surface area contributed by atoms with Crippen molar-refractivity contribution in [1.82, 2.24) is 0 Å². The van der Waals surface area contributed by atoms with Crippen molar-refractivity contribution >= 4 is 35.9 Å². The van der Waals surface area contributed by atoms with E-state index in [9.17, 15) is 19.2 Å². The number of ketones is 1. The van der Waals surface area contributed by atoms with Crippen LogP contribution in [0.4, 0.5) is 0 Å². The minimum atomic E-state index is -1.43. The number of aldehydes is 1. The molecular weight excluding hydrogens is 308 g/mol. The molecule has 1 atom stereocenters. The van der Waals surface area contributed by atoms with Crippen LogP contribution in [0.25, 0.3) is 0 Å². The summed E-state index contributed by atoms with van der Waals surface area (Å²) < 4.78 is 0. The van der Waals surface area contributed by atoms with Crippen molar-refractivity contribution in [3.05, 3.63) is 0 Å². The zero-order valence-electron chi connectivity index (χ0n) is 11.8. The number of carbonyl (C=O) groups is 6. The van der Waals surface area contributed by atoms with Gasteiger partial charge in [0, 0.05) is 6.92 Å². The molecule has 8 N–H and O–H groups in total. The lowest BCUT2D eigenvalue weighted by Gasteiger charge is -1.90. The van der Waals surface area contributed by atoms with Gasteiger partial charge in [0.15, 0.2) is 0 Å². The second kappa shape index (κ2) is 18.1.